The Balaban J connectivity index is 2.67. The van der Waals surface area contributed by atoms with Gasteiger partial charge in [0.05, 0.1) is 0 Å². The lowest BCUT2D eigenvalue weighted by atomic mass is 9.84. The molecule has 0 aliphatic rings. The predicted molar refractivity (Wildman–Crippen MR) is 60.2 cm³/mol. The van der Waals surface area contributed by atoms with Gasteiger partial charge >= 0.3 is 0 Å². The first kappa shape index (κ1) is 11.2. The molecular weight excluding hydrogens is 172 g/mol. The molecule has 0 bridgehead atoms. The molecule has 78 valence electrons. The van der Waals surface area contributed by atoms with E-state index in [4.69, 9.17) is 0 Å². The molecule has 0 fully saturated rings. The van der Waals surface area contributed by atoms with E-state index in [1.54, 1.807) is 0 Å². The van der Waals surface area contributed by atoms with E-state index in [1.165, 1.54) is 0 Å². The van der Waals surface area contributed by atoms with Crippen LogP contribution in [0.5, 0.6) is 0 Å². The molecule has 0 unspecified atom stereocenters. The van der Waals surface area contributed by atoms with Crippen LogP contribution in [0.2, 0.25) is 0 Å². The summed E-state index contributed by atoms with van der Waals surface area (Å²) in [6.07, 6.45) is 2.84. The van der Waals surface area contributed by atoms with E-state index >= 15 is 0 Å². The first-order chi connectivity index (χ1) is 6.54. The molecule has 0 radical (unpaired) electrons. The van der Waals surface area contributed by atoms with E-state index in [1.807, 2.05) is 25.4 Å². The second-order valence-corrected chi connectivity index (χ2v) is 4.73. The van der Waals surface area contributed by atoms with Crippen LogP contribution in [0.15, 0.2) is 24.4 Å². The lowest BCUT2D eigenvalue weighted by Gasteiger charge is -2.30. The molecule has 14 heavy (non-hydrogen) atoms. The van der Waals surface area contributed by atoms with Gasteiger partial charge in [0.2, 0.25) is 0 Å². The number of hydrogen-bond donors (Lipinski definition) is 1. The number of hydrogen-bond acceptors (Lipinski definition) is 2. The van der Waals surface area contributed by atoms with Gasteiger partial charge < -0.3 is 5.32 Å². The van der Waals surface area contributed by atoms with Crippen molar-refractivity contribution in [3.8, 4) is 0 Å². The maximum absolute atomic E-state index is 4.34. The number of nitrogens with zero attached hydrogens (tertiary/aromatic N) is 1. The number of likely N-dealkylation sites (N-methyl/N-ethyl adjacent to an activating group) is 1. The molecule has 2 nitrogen and oxygen atoms in total. The molecule has 0 aromatic carbocycles. The number of pyridine rings is 1. The van der Waals surface area contributed by atoms with Gasteiger partial charge in [-0.2, -0.15) is 0 Å². The molecule has 1 rings (SSSR count). The molecule has 0 amide bonds. The van der Waals surface area contributed by atoms with Gasteiger partial charge in [0, 0.05) is 24.4 Å². The third-order valence-electron chi connectivity index (χ3n) is 2.53. The first-order valence-corrected chi connectivity index (χ1v) is 5.11. The molecule has 0 saturated heterocycles. The van der Waals surface area contributed by atoms with Crippen molar-refractivity contribution in [2.75, 3.05) is 7.05 Å². The Kier molecular flexibility index (Phi) is 3.64. The predicted octanol–water partition coefficient (Wildman–Crippen LogP) is 2.26. The molecular formula is C12H20N2. The van der Waals surface area contributed by atoms with E-state index < -0.39 is 0 Å². The topological polar surface area (TPSA) is 24.9 Å². The fourth-order valence-corrected chi connectivity index (χ4v) is 1.57. The number of nitrogens with one attached hydrogen (secondary N) is 1. The highest BCUT2D eigenvalue weighted by atomic mass is 14.9. The summed E-state index contributed by atoms with van der Waals surface area (Å²) in [5.41, 5.74) is 1.42. The minimum atomic E-state index is 0.270. The quantitative estimate of drug-likeness (QED) is 0.794. The highest BCUT2D eigenvalue weighted by molar-refractivity contribution is 5.06. The maximum atomic E-state index is 4.34. The van der Waals surface area contributed by atoms with Crippen LogP contribution < -0.4 is 5.32 Å². The Morgan fingerprint density at radius 3 is 2.50 bits per heavy atom. The second kappa shape index (κ2) is 4.56. The van der Waals surface area contributed by atoms with Crippen LogP contribution in [-0.4, -0.2) is 18.1 Å². The second-order valence-electron chi connectivity index (χ2n) is 4.73. The Hall–Kier alpha value is -0.890. The van der Waals surface area contributed by atoms with E-state index in [9.17, 15) is 0 Å². The van der Waals surface area contributed by atoms with E-state index in [0.717, 1.165) is 12.1 Å². The maximum Gasteiger partial charge on any atom is 0.0419 e. The van der Waals surface area contributed by atoms with Crippen LogP contribution in [0.1, 0.15) is 26.5 Å². The van der Waals surface area contributed by atoms with Crippen molar-refractivity contribution in [2.24, 2.45) is 5.41 Å². The molecule has 1 atom stereocenters. The van der Waals surface area contributed by atoms with Gasteiger partial charge in [-0.05, 0) is 24.6 Å². The van der Waals surface area contributed by atoms with Gasteiger partial charge in [0.15, 0.2) is 0 Å². The molecule has 1 N–H and O–H groups in total. The van der Waals surface area contributed by atoms with E-state index in [0.29, 0.717) is 6.04 Å². The van der Waals surface area contributed by atoms with Crippen LogP contribution in [0.25, 0.3) is 0 Å². The first-order valence-electron chi connectivity index (χ1n) is 5.11. The third-order valence-corrected chi connectivity index (χ3v) is 2.53. The molecule has 2 heteroatoms. The van der Waals surface area contributed by atoms with Crippen LogP contribution in [-0.2, 0) is 6.42 Å². The molecule has 1 heterocycles. The minimum absolute atomic E-state index is 0.270. The smallest absolute Gasteiger partial charge is 0.0419 e. The summed E-state index contributed by atoms with van der Waals surface area (Å²) in [6.45, 7) is 6.74. The van der Waals surface area contributed by atoms with Crippen molar-refractivity contribution in [3.63, 3.8) is 0 Å². The minimum Gasteiger partial charge on any atom is -0.316 e. The van der Waals surface area contributed by atoms with Gasteiger partial charge in [-0.25, -0.2) is 0 Å². The highest BCUT2D eigenvalue weighted by Crippen LogP contribution is 2.21. The zero-order valence-electron chi connectivity index (χ0n) is 9.54. The third kappa shape index (κ3) is 3.11. The average molecular weight is 192 g/mol. The van der Waals surface area contributed by atoms with Gasteiger partial charge in [0.1, 0.15) is 0 Å². The number of aromatic nitrogens is 1. The fourth-order valence-electron chi connectivity index (χ4n) is 1.57. The summed E-state index contributed by atoms with van der Waals surface area (Å²) in [5, 5.41) is 3.35. The summed E-state index contributed by atoms with van der Waals surface area (Å²) < 4.78 is 0. The normalized spacial score (nSPS) is 14.0. The Morgan fingerprint density at radius 2 is 2.07 bits per heavy atom. The van der Waals surface area contributed by atoms with Crippen LogP contribution in [0.4, 0.5) is 0 Å². The summed E-state index contributed by atoms with van der Waals surface area (Å²) >= 11 is 0. The molecule has 0 aliphatic carbocycles. The highest BCUT2D eigenvalue weighted by Gasteiger charge is 2.23. The summed E-state index contributed by atoms with van der Waals surface area (Å²) in [5.74, 6) is 0. The van der Waals surface area contributed by atoms with Crippen molar-refractivity contribution < 1.29 is 0 Å². The Morgan fingerprint density at radius 1 is 1.36 bits per heavy atom. The van der Waals surface area contributed by atoms with E-state index in [2.05, 4.69) is 37.1 Å². The monoisotopic (exact) mass is 192 g/mol. The standard InChI is InChI=1S/C12H20N2/c1-12(2,3)11(13-4)9-10-7-5-6-8-14-10/h5-8,11,13H,9H2,1-4H3/t11-/m0/s1. The molecule has 1 aromatic heterocycles. The summed E-state index contributed by atoms with van der Waals surface area (Å²) in [7, 11) is 2.01. The van der Waals surface area contributed by atoms with Crippen molar-refractivity contribution in [1.82, 2.24) is 10.3 Å². The van der Waals surface area contributed by atoms with Crippen LogP contribution in [0.3, 0.4) is 0 Å². The lowest BCUT2D eigenvalue weighted by molar-refractivity contribution is 0.278. The average Bonchev–Trinajstić information content (AvgIpc) is 2.14. The van der Waals surface area contributed by atoms with Crippen molar-refractivity contribution in [1.29, 1.82) is 0 Å². The van der Waals surface area contributed by atoms with Crippen LogP contribution >= 0.6 is 0 Å². The number of rotatable bonds is 3. The van der Waals surface area contributed by atoms with Gasteiger partial charge in [-0.1, -0.05) is 26.8 Å². The van der Waals surface area contributed by atoms with Gasteiger partial charge in [-0.15, -0.1) is 0 Å². The van der Waals surface area contributed by atoms with Crippen molar-refractivity contribution >= 4 is 0 Å². The van der Waals surface area contributed by atoms with Gasteiger partial charge in [-0.3, -0.25) is 4.98 Å². The Bertz CT molecular complexity index is 261. The zero-order valence-corrected chi connectivity index (χ0v) is 9.54. The molecule has 0 aliphatic heterocycles. The van der Waals surface area contributed by atoms with Crippen molar-refractivity contribution in [3.05, 3.63) is 30.1 Å². The van der Waals surface area contributed by atoms with Crippen molar-refractivity contribution in [2.45, 2.75) is 33.2 Å². The summed E-state index contributed by atoms with van der Waals surface area (Å²) in [4.78, 5) is 4.34. The Labute approximate surface area is 86.8 Å². The molecule has 0 saturated carbocycles. The van der Waals surface area contributed by atoms with Gasteiger partial charge in [0.25, 0.3) is 0 Å². The van der Waals surface area contributed by atoms with E-state index in [-0.39, 0.29) is 5.41 Å². The zero-order chi connectivity index (χ0) is 10.6. The lowest BCUT2D eigenvalue weighted by Crippen LogP contribution is -2.39. The summed E-state index contributed by atoms with van der Waals surface area (Å²) in [6, 6.07) is 6.54. The molecule has 1 aromatic rings. The fraction of sp³-hybridized carbons (Fsp3) is 0.583. The van der Waals surface area contributed by atoms with Crippen LogP contribution in [0, 0.1) is 5.41 Å². The largest absolute Gasteiger partial charge is 0.316 e. The molecule has 0 spiro atoms. The SMILES string of the molecule is CN[C@@H](Cc1ccccn1)C(C)(C)C.